The maximum atomic E-state index is 15.9. The molecule has 0 spiro atoms. The summed E-state index contributed by atoms with van der Waals surface area (Å²) < 4.78 is 32.4. The van der Waals surface area contributed by atoms with E-state index in [0.717, 1.165) is 18.1 Å². The molecular formula is C39H54O11Si. The van der Waals surface area contributed by atoms with Crippen molar-refractivity contribution in [3.05, 3.63) is 47.0 Å². The summed E-state index contributed by atoms with van der Waals surface area (Å²) in [7, 11) is -2.48. The summed E-state index contributed by atoms with van der Waals surface area (Å²) in [6.07, 6.45) is -4.68. The van der Waals surface area contributed by atoms with Gasteiger partial charge in [-0.25, -0.2) is 4.79 Å². The van der Waals surface area contributed by atoms with Gasteiger partial charge in [0, 0.05) is 25.2 Å². The molecule has 2 bridgehead atoms. The standard InChI is InChI=1S/C39H54O11Si/c1-9-51(10-2,11-3)50-27-19-28-38(21-46-28,49-23(5)40)31-33(48-35(44)24-15-13-12-14-16-24)39(45)20-26(41)22(4)29(36(39,6)7)30(32(42)37(27,31)8)47-34(43)25-17-18-25/h12-16,25-28,30-31,33,41,45H,9-11,17-21H2,1-8H3/t26-,27-,28+,30+,31?,33?,37+,38-,39+/m0/s1. The van der Waals surface area contributed by atoms with E-state index in [1.165, 1.54) is 6.92 Å². The third kappa shape index (κ3) is 5.75. The maximum Gasteiger partial charge on any atom is 0.338 e. The van der Waals surface area contributed by atoms with Gasteiger partial charge >= 0.3 is 17.9 Å². The number of hydrogen-bond acceptors (Lipinski definition) is 11. The van der Waals surface area contributed by atoms with Gasteiger partial charge in [-0.2, -0.15) is 0 Å². The van der Waals surface area contributed by atoms with E-state index in [1.807, 2.05) is 0 Å². The van der Waals surface area contributed by atoms with E-state index in [2.05, 4.69) is 20.8 Å². The minimum atomic E-state index is -2.48. The molecule has 280 valence electrons. The zero-order valence-electron chi connectivity index (χ0n) is 31.2. The minimum Gasteiger partial charge on any atom is -0.455 e. The van der Waals surface area contributed by atoms with Crippen LogP contribution in [0, 0.1) is 22.7 Å². The second kappa shape index (κ2) is 13.2. The third-order valence-electron chi connectivity index (χ3n) is 13.4. The number of ketones is 1. The Hall–Kier alpha value is -2.90. The summed E-state index contributed by atoms with van der Waals surface area (Å²) in [6, 6.07) is 10.6. The summed E-state index contributed by atoms with van der Waals surface area (Å²) in [5.41, 5.74) is -5.73. The monoisotopic (exact) mass is 726 g/mol. The first-order valence-corrected chi connectivity index (χ1v) is 21.1. The molecule has 6 rings (SSSR count). The number of esters is 3. The molecule has 51 heavy (non-hydrogen) atoms. The summed E-state index contributed by atoms with van der Waals surface area (Å²) in [4.78, 5) is 56.7. The second-order valence-electron chi connectivity index (χ2n) is 16.2. The van der Waals surface area contributed by atoms with Crippen LogP contribution in [0.1, 0.15) is 91.4 Å². The average Bonchev–Trinajstić information content (AvgIpc) is 3.94. The minimum absolute atomic E-state index is 0.123. The van der Waals surface area contributed by atoms with E-state index in [0.29, 0.717) is 18.4 Å². The van der Waals surface area contributed by atoms with Gasteiger partial charge in [0.15, 0.2) is 25.8 Å². The van der Waals surface area contributed by atoms with Crippen LogP contribution in [0.4, 0.5) is 0 Å². The van der Waals surface area contributed by atoms with Gasteiger partial charge < -0.3 is 33.6 Å². The lowest BCUT2D eigenvalue weighted by molar-refractivity contribution is -0.344. The third-order valence-corrected chi connectivity index (χ3v) is 18.0. The highest BCUT2D eigenvalue weighted by Crippen LogP contribution is 2.65. The van der Waals surface area contributed by atoms with Gasteiger partial charge in [-0.1, -0.05) is 52.8 Å². The lowest BCUT2D eigenvalue weighted by atomic mass is 9.44. The van der Waals surface area contributed by atoms with Crippen molar-refractivity contribution in [1.29, 1.82) is 0 Å². The van der Waals surface area contributed by atoms with E-state index in [-0.39, 0.29) is 36.5 Å². The number of aliphatic hydroxyl groups is 2. The molecule has 1 aromatic carbocycles. The first-order valence-electron chi connectivity index (χ1n) is 18.6. The normalized spacial score (nSPS) is 37.2. The Labute approximate surface area is 301 Å². The van der Waals surface area contributed by atoms with Crippen molar-refractivity contribution in [1.82, 2.24) is 0 Å². The second-order valence-corrected chi connectivity index (χ2v) is 20.9. The van der Waals surface area contributed by atoms with E-state index in [4.69, 9.17) is 23.4 Å². The summed E-state index contributed by atoms with van der Waals surface area (Å²) in [5.74, 6) is -3.99. The van der Waals surface area contributed by atoms with Crippen molar-refractivity contribution in [3.63, 3.8) is 0 Å². The molecule has 3 saturated carbocycles. The molecule has 1 saturated heterocycles. The van der Waals surface area contributed by atoms with Crippen molar-refractivity contribution >= 4 is 32.0 Å². The number of ether oxygens (including phenoxy) is 4. The molecule has 12 heteroatoms. The van der Waals surface area contributed by atoms with Gasteiger partial charge in [-0.15, -0.1) is 0 Å². The Morgan fingerprint density at radius 1 is 1.00 bits per heavy atom. The van der Waals surface area contributed by atoms with Crippen molar-refractivity contribution in [3.8, 4) is 0 Å². The number of carbonyl (C=O) groups is 4. The number of hydrogen-bond donors (Lipinski definition) is 2. The Bertz CT molecular complexity index is 1590. The molecule has 0 aromatic heterocycles. The van der Waals surface area contributed by atoms with Crippen LogP contribution in [0.3, 0.4) is 0 Å². The number of fused-ring (bicyclic) bond motifs is 5. The molecule has 0 amide bonds. The molecular weight excluding hydrogens is 673 g/mol. The maximum absolute atomic E-state index is 15.9. The van der Waals surface area contributed by atoms with Crippen LogP contribution in [0.25, 0.3) is 0 Å². The molecule has 4 fully saturated rings. The summed E-state index contributed by atoms with van der Waals surface area (Å²) in [5, 5.41) is 25.1. The van der Waals surface area contributed by atoms with Crippen LogP contribution in [0.5, 0.6) is 0 Å². The lowest BCUT2D eigenvalue weighted by Gasteiger charge is -2.68. The van der Waals surface area contributed by atoms with Crippen molar-refractivity contribution < 1.29 is 52.8 Å². The molecule has 0 radical (unpaired) electrons. The predicted octanol–water partition coefficient (Wildman–Crippen LogP) is 5.07. The fourth-order valence-electron chi connectivity index (χ4n) is 9.72. The zero-order chi connectivity index (χ0) is 37.3. The Kier molecular flexibility index (Phi) is 9.79. The van der Waals surface area contributed by atoms with Gasteiger partial charge in [0.1, 0.15) is 17.8 Å². The number of Topliss-reactive ketones (excluding diaryl/α,β-unsaturated/α-hetero) is 1. The lowest BCUT2D eigenvalue weighted by Crippen LogP contribution is -2.82. The molecule has 5 aliphatic rings. The first kappa shape index (κ1) is 37.8. The number of benzene rings is 1. The number of carbonyl (C=O) groups excluding carboxylic acids is 4. The fourth-order valence-corrected chi connectivity index (χ4v) is 12.7. The first-order chi connectivity index (χ1) is 24.0. The van der Waals surface area contributed by atoms with Crippen LogP contribution < -0.4 is 0 Å². The molecule has 2 N–H and O–H groups in total. The SMILES string of the molecule is CC[Si](CC)(CC)O[C@H]1C[C@H]2OC[C@@]2(OC(C)=O)C2C(OC(=O)c3ccccc3)[C@]3(O)C[C@H](O)C(C)=C([C@@H](OC(=O)C4CC4)C(=O)[C@@]21C)C3(C)C. The van der Waals surface area contributed by atoms with Crippen molar-refractivity contribution in [2.45, 2.75) is 141 Å². The van der Waals surface area contributed by atoms with Crippen LogP contribution in [0.15, 0.2) is 41.5 Å². The fraction of sp³-hybridized carbons (Fsp3) is 0.692. The molecule has 4 aliphatic carbocycles. The highest BCUT2D eigenvalue weighted by Gasteiger charge is 2.78. The van der Waals surface area contributed by atoms with E-state index < -0.39 is 90.5 Å². The predicted molar refractivity (Wildman–Crippen MR) is 188 cm³/mol. The van der Waals surface area contributed by atoms with Crippen LogP contribution in [-0.2, 0) is 37.8 Å². The van der Waals surface area contributed by atoms with Crippen LogP contribution in [0.2, 0.25) is 18.1 Å². The van der Waals surface area contributed by atoms with Gasteiger partial charge in [0.2, 0.25) is 0 Å². The van der Waals surface area contributed by atoms with Crippen molar-refractivity contribution in [2.24, 2.45) is 22.7 Å². The molecule has 1 aromatic rings. The van der Waals surface area contributed by atoms with Gasteiger partial charge in [0.25, 0.3) is 0 Å². The summed E-state index contributed by atoms with van der Waals surface area (Å²) in [6.45, 7) is 14.3. The Balaban J connectivity index is 1.67. The van der Waals surface area contributed by atoms with Gasteiger partial charge in [0.05, 0.1) is 41.6 Å². The quantitative estimate of drug-likeness (QED) is 0.144. The van der Waals surface area contributed by atoms with E-state index in [1.54, 1.807) is 58.0 Å². The molecule has 9 atom stereocenters. The van der Waals surface area contributed by atoms with Crippen LogP contribution >= 0.6 is 0 Å². The highest BCUT2D eigenvalue weighted by molar-refractivity contribution is 6.73. The topological polar surface area (TPSA) is 155 Å². The van der Waals surface area contributed by atoms with E-state index >= 15 is 4.79 Å². The number of aliphatic hydroxyl groups excluding tert-OH is 1. The Morgan fingerprint density at radius 2 is 1.63 bits per heavy atom. The molecule has 1 aliphatic heterocycles. The van der Waals surface area contributed by atoms with E-state index in [9.17, 15) is 24.6 Å². The zero-order valence-corrected chi connectivity index (χ0v) is 32.2. The summed E-state index contributed by atoms with van der Waals surface area (Å²) >= 11 is 0. The molecule has 1 heterocycles. The van der Waals surface area contributed by atoms with Gasteiger partial charge in [-0.3, -0.25) is 14.4 Å². The Morgan fingerprint density at radius 3 is 2.16 bits per heavy atom. The molecule has 2 unspecified atom stereocenters. The molecule has 11 nitrogen and oxygen atoms in total. The highest BCUT2D eigenvalue weighted by atomic mass is 28.4. The van der Waals surface area contributed by atoms with Gasteiger partial charge in [-0.05, 0) is 68.1 Å². The van der Waals surface area contributed by atoms with Crippen molar-refractivity contribution in [2.75, 3.05) is 6.61 Å². The average molecular weight is 727 g/mol. The van der Waals surface area contributed by atoms with Crippen LogP contribution in [-0.4, -0.2) is 90.6 Å². The number of rotatable bonds is 10. The largest absolute Gasteiger partial charge is 0.455 e. The smallest absolute Gasteiger partial charge is 0.338 e.